The van der Waals surface area contributed by atoms with E-state index >= 15 is 0 Å². The number of nitrogens with zero attached hydrogens (tertiary/aromatic N) is 1. The van der Waals surface area contributed by atoms with Crippen molar-refractivity contribution in [1.29, 1.82) is 0 Å². The molecule has 0 aliphatic heterocycles. The van der Waals surface area contributed by atoms with Gasteiger partial charge in [-0.2, -0.15) is 0 Å². The zero-order valence-corrected chi connectivity index (χ0v) is 16.6. The summed E-state index contributed by atoms with van der Waals surface area (Å²) in [6.45, 7) is 2.05. The summed E-state index contributed by atoms with van der Waals surface area (Å²) in [5.74, 6) is -0.243. The average Bonchev–Trinajstić information content (AvgIpc) is 3.09. The number of fused-ring (bicyclic) bond motifs is 1. The molecule has 0 spiro atoms. The molecule has 134 valence electrons. The van der Waals surface area contributed by atoms with Gasteiger partial charge in [0, 0.05) is 15.3 Å². The fourth-order valence-corrected chi connectivity index (χ4v) is 4.13. The lowest BCUT2D eigenvalue weighted by Crippen LogP contribution is -2.13. The molecule has 4 aromatic rings. The SMILES string of the molecule is Cc1ccc(-c2cc(C(=O)Nc3ccc(Cl)cc3Cl)c3ccccc3n2)s1. The fourth-order valence-electron chi connectivity index (χ4n) is 2.84. The van der Waals surface area contributed by atoms with Gasteiger partial charge in [0.25, 0.3) is 5.91 Å². The van der Waals surface area contributed by atoms with Gasteiger partial charge in [0.05, 0.1) is 32.4 Å². The third-order valence-corrected chi connectivity index (χ3v) is 5.70. The van der Waals surface area contributed by atoms with Crippen LogP contribution in [0.3, 0.4) is 0 Å². The number of aromatic nitrogens is 1. The second-order valence-electron chi connectivity index (χ2n) is 6.06. The quantitative estimate of drug-likeness (QED) is 0.400. The Kier molecular flexibility index (Phi) is 4.87. The van der Waals surface area contributed by atoms with E-state index in [0.717, 1.165) is 21.5 Å². The van der Waals surface area contributed by atoms with Crippen LogP contribution in [0.25, 0.3) is 21.5 Å². The van der Waals surface area contributed by atoms with E-state index in [1.165, 1.54) is 4.88 Å². The van der Waals surface area contributed by atoms with Gasteiger partial charge in [-0.25, -0.2) is 4.98 Å². The number of aryl methyl sites for hydroxylation is 1. The molecule has 0 saturated heterocycles. The number of anilines is 1. The van der Waals surface area contributed by atoms with Gasteiger partial charge in [0.1, 0.15) is 0 Å². The molecule has 3 nitrogen and oxygen atoms in total. The summed E-state index contributed by atoms with van der Waals surface area (Å²) in [6.07, 6.45) is 0. The molecule has 4 rings (SSSR count). The number of carbonyl (C=O) groups excluding carboxylic acids is 1. The lowest BCUT2D eigenvalue weighted by Gasteiger charge is -2.11. The molecule has 6 heteroatoms. The van der Waals surface area contributed by atoms with Gasteiger partial charge in [-0.15, -0.1) is 11.3 Å². The Hall–Kier alpha value is -2.40. The number of halogens is 2. The molecule has 2 aromatic carbocycles. The topological polar surface area (TPSA) is 42.0 Å². The number of benzene rings is 2. The zero-order chi connectivity index (χ0) is 19.0. The van der Waals surface area contributed by atoms with Crippen molar-refractivity contribution < 1.29 is 4.79 Å². The minimum Gasteiger partial charge on any atom is -0.321 e. The normalized spacial score (nSPS) is 10.9. The summed E-state index contributed by atoms with van der Waals surface area (Å²) in [5, 5.41) is 4.57. The highest BCUT2D eigenvalue weighted by Crippen LogP contribution is 2.31. The number of hydrogen-bond donors (Lipinski definition) is 1. The first-order valence-electron chi connectivity index (χ1n) is 8.24. The number of rotatable bonds is 3. The number of carbonyl (C=O) groups is 1. The first kappa shape index (κ1) is 18.0. The predicted octanol–water partition coefficient (Wildman–Crippen LogP) is 6.83. The second-order valence-corrected chi connectivity index (χ2v) is 8.19. The molecular formula is C21H14Cl2N2OS. The van der Waals surface area contributed by atoms with Crippen LogP contribution in [0.4, 0.5) is 5.69 Å². The highest BCUT2D eigenvalue weighted by atomic mass is 35.5. The standard InChI is InChI=1S/C21H14Cl2N2OS/c1-12-6-9-20(27-12)19-11-15(14-4-2-3-5-17(14)24-19)21(26)25-18-8-7-13(22)10-16(18)23/h2-11H,1H3,(H,25,26). The molecule has 0 saturated carbocycles. The van der Waals surface area contributed by atoms with Crippen LogP contribution in [0.1, 0.15) is 15.2 Å². The maximum Gasteiger partial charge on any atom is 0.256 e. The Balaban J connectivity index is 1.80. The molecule has 0 aliphatic rings. The van der Waals surface area contributed by atoms with Gasteiger partial charge in [-0.05, 0) is 49.4 Å². The third-order valence-electron chi connectivity index (χ3n) is 4.13. The molecule has 27 heavy (non-hydrogen) atoms. The molecular weight excluding hydrogens is 399 g/mol. The van der Waals surface area contributed by atoms with Crippen LogP contribution in [0.15, 0.2) is 60.7 Å². The van der Waals surface area contributed by atoms with Crippen molar-refractivity contribution in [1.82, 2.24) is 4.98 Å². The lowest BCUT2D eigenvalue weighted by molar-refractivity contribution is 0.102. The number of pyridine rings is 1. The van der Waals surface area contributed by atoms with E-state index < -0.39 is 0 Å². The van der Waals surface area contributed by atoms with E-state index in [4.69, 9.17) is 28.2 Å². The molecule has 2 aromatic heterocycles. The van der Waals surface area contributed by atoms with Crippen LogP contribution in [-0.4, -0.2) is 10.9 Å². The van der Waals surface area contributed by atoms with Crippen LogP contribution < -0.4 is 5.32 Å². The molecule has 0 bridgehead atoms. The molecule has 0 atom stereocenters. The first-order valence-corrected chi connectivity index (χ1v) is 9.81. The number of amides is 1. The molecule has 0 aliphatic carbocycles. The largest absolute Gasteiger partial charge is 0.321 e. The molecule has 0 fully saturated rings. The summed E-state index contributed by atoms with van der Waals surface area (Å²) in [4.78, 5) is 20.0. The van der Waals surface area contributed by atoms with Gasteiger partial charge in [-0.1, -0.05) is 41.4 Å². The summed E-state index contributed by atoms with van der Waals surface area (Å²) >= 11 is 13.8. The Morgan fingerprint density at radius 2 is 1.85 bits per heavy atom. The maximum atomic E-state index is 13.0. The lowest BCUT2D eigenvalue weighted by atomic mass is 10.1. The summed E-state index contributed by atoms with van der Waals surface area (Å²) < 4.78 is 0. The van der Waals surface area contributed by atoms with E-state index in [-0.39, 0.29) is 5.91 Å². The van der Waals surface area contributed by atoms with Crippen molar-refractivity contribution in [2.45, 2.75) is 6.92 Å². The van der Waals surface area contributed by atoms with Gasteiger partial charge in [0.15, 0.2) is 0 Å². The Labute approximate surface area is 170 Å². The minimum absolute atomic E-state index is 0.243. The highest BCUT2D eigenvalue weighted by molar-refractivity contribution is 7.15. The van der Waals surface area contributed by atoms with Crippen LogP contribution >= 0.6 is 34.5 Å². The first-order chi connectivity index (χ1) is 13.0. The van der Waals surface area contributed by atoms with Crippen LogP contribution in [0, 0.1) is 6.92 Å². The monoisotopic (exact) mass is 412 g/mol. The predicted molar refractivity (Wildman–Crippen MR) is 114 cm³/mol. The third kappa shape index (κ3) is 3.69. The van der Waals surface area contributed by atoms with Crippen LogP contribution in [0.2, 0.25) is 10.0 Å². The van der Waals surface area contributed by atoms with E-state index in [1.807, 2.05) is 49.4 Å². The highest BCUT2D eigenvalue weighted by Gasteiger charge is 2.16. The molecule has 1 N–H and O–H groups in total. The smallest absolute Gasteiger partial charge is 0.256 e. The number of nitrogens with one attached hydrogen (secondary N) is 1. The van der Waals surface area contributed by atoms with Gasteiger partial charge in [-0.3, -0.25) is 4.79 Å². The van der Waals surface area contributed by atoms with Crippen molar-refractivity contribution >= 4 is 57.0 Å². The van der Waals surface area contributed by atoms with Crippen LogP contribution in [0.5, 0.6) is 0 Å². The summed E-state index contributed by atoms with van der Waals surface area (Å²) in [7, 11) is 0. The molecule has 0 radical (unpaired) electrons. The Bertz CT molecular complexity index is 1170. The van der Waals surface area contributed by atoms with Crippen molar-refractivity contribution in [2.75, 3.05) is 5.32 Å². The minimum atomic E-state index is -0.243. The number of para-hydroxylation sites is 1. The van der Waals surface area contributed by atoms with Crippen molar-refractivity contribution in [3.05, 3.63) is 81.1 Å². The number of hydrogen-bond acceptors (Lipinski definition) is 3. The van der Waals surface area contributed by atoms with E-state index in [2.05, 4.69) is 5.32 Å². The van der Waals surface area contributed by atoms with E-state index in [9.17, 15) is 4.79 Å². The van der Waals surface area contributed by atoms with E-state index in [1.54, 1.807) is 29.5 Å². The van der Waals surface area contributed by atoms with Crippen molar-refractivity contribution in [3.8, 4) is 10.6 Å². The summed E-state index contributed by atoms with van der Waals surface area (Å²) in [6, 6.07) is 18.5. The average molecular weight is 413 g/mol. The molecule has 2 heterocycles. The van der Waals surface area contributed by atoms with Crippen LogP contribution in [-0.2, 0) is 0 Å². The fraction of sp³-hybridized carbons (Fsp3) is 0.0476. The maximum absolute atomic E-state index is 13.0. The molecule has 1 amide bonds. The van der Waals surface area contributed by atoms with Gasteiger partial charge >= 0.3 is 0 Å². The van der Waals surface area contributed by atoms with E-state index in [0.29, 0.717) is 21.3 Å². The second kappa shape index (κ2) is 7.31. The van der Waals surface area contributed by atoms with Crippen molar-refractivity contribution in [2.24, 2.45) is 0 Å². The van der Waals surface area contributed by atoms with Gasteiger partial charge in [0.2, 0.25) is 0 Å². The Morgan fingerprint density at radius 3 is 2.59 bits per heavy atom. The van der Waals surface area contributed by atoms with Gasteiger partial charge < -0.3 is 5.32 Å². The summed E-state index contributed by atoms with van der Waals surface area (Å²) in [5.41, 5.74) is 2.61. The number of thiophene rings is 1. The Morgan fingerprint density at radius 1 is 1.04 bits per heavy atom. The van der Waals surface area contributed by atoms with Crippen molar-refractivity contribution in [3.63, 3.8) is 0 Å². The zero-order valence-electron chi connectivity index (χ0n) is 14.3. The molecule has 0 unspecified atom stereocenters.